The van der Waals surface area contributed by atoms with E-state index in [1.807, 2.05) is 4.83 Å². The number of non-ortho nitro benzene ring substituents is 1. The van der Waals surface area contributed by atoms with Crippen molar-refractivity contribution < 1.29 is 32.5 Å². The van der Waals surface area contributed by atoms with Gasteiger partial charge in [0.05, 0.1) is 28.0 Å². The number of rotatable bonds is 10. The van der Waals surface area contributed by atoms with Gasteiger partial charge in [0.15, 0.2) is 0 Å². The Morgan fingerprint density at radius 1 is 1.16 bits per heavy atom. The molecule has 3 amide bonds. The Kier molecular flexibility index (Phi) is 8.57. The van der Waals surface area contributed by atoms with Crippen molar-refractivity contribution in [2.45, 2.75) is 31.2 Å². The number of hydrogen-bond donors (Lipinski definition) is 3. The second kappa shape index (κ2) is 11.6. The van der Waals surface area contributed by atoms with Gasteiger partial charge in [-0.15, -0.1) is 4.83 Å². The molecule has 0 bridgehead atoms. The fourth-order valence-corrected chi connectivity index (χ4v) is 4.59. The average molecular weight is 532 g/mol. The first-order valence-corrected chi connectivity index (χ1v) is 12.6. The number of nitrogens with one attached hydrogen (secondary N) is 3. The zero-order chi connectivity index (χ0) is 27.2. The van der Waals surface area contributed by atoms with Gasteiger partial charge in [-0.1, -0.05) is 30.3 Å². The van der Waals surface area contributed by atoms with Gasteiger partial charge in [-0.3, -0.25) is 20.3 Å². The molecular weight excluding hydrogens is 506 g/mol. The Bertz CT molecular complexity index is 1340. The molecule has 13 nitrogen and oxygen atoms in total. The van der Waals surface area contributed by atoms with Crippen molar-refractivity contribution in [3.63, 3.8) is 0 Å². The van der Waals surface area contributed by atoms with Crippen molar-refractivity contribution in [1.29, 1.82) is 0 Å². The van der Waals surface area contributed by atoms with Gasteiger partial charge >= 0.3 is 12.0 Å². The van der Waals surface area contributed by atoms with E-state index < -0.39 is 38.9 Å². The third kappa shape index (κ3) is 6.48. The van der Waals surface area contributed by atoms with Crippen LogP contribution in [0, 0.1) is 10.1 Å². The summed E-state index contributed by atoms with van der Waals surface area (Å²) in [5.41, 5.74) is 2.35. The summed E-state index contributed by atoms with van der Waals surface area (Å²) in [5, 5.41) is 13.9. The van der Waals surface area contributed by atoms with Gasteiger partial charge < -0.3 is 15.0 Å². The van der Waals surface area contributed by atoms with E-state index >= 15 is 0 Å². The van der Waals surface area contributed by atoms with Crippen LogP contribution in [0.5, 0.6) is 0 Å². The Hall–Kier alpha value is -4.30. The average Bonchev–Trinajstić information content (AvgIpc) is 2.87. The van der Waals surface area contributed by atoms with E-state index in [2.05, 4.69) is 10.7 Å². The van der Waals surface area contributed by atoms with Gasteiger partial charge in [0.1, 0.15) is 0 Å². The second-order valence-electron chi connectivity index (χ2n) is 7.85. The molecule has 0 spiro atoms. The van der Waals surface area contributed by atoms with E-state index in [0.29, 0.717) is 0 Å². The molecule has 1 atom stereocenters. The topological polar surface area (TPSA) is 177 Å². The normalized spacial score (nSPS) is 15.7. The van der Waals surface area contributed by atoms with Gasteiger partial charge in [-0.2, -0.15) is 0 Å². The first-order chi connectivity index (χ1) is 17.5. The number of hydrogen-bond acceptors (Lipinski definition) is 8. The summed E-state index contributed by atoms with van der Waals surface area (Å²) in [4.78, 5) is 52.0. The highest BCUT2D eigenvalue weighted by Gasteiger charge is 2.39. The van der Waals surface area contributed by atoms with Crippen LogP contribution in [0.1, 0.15) is 31.9 Å². The molecule has 3 rings (SSSR count). The predicted octanol–water partition coefficient (Wildman–Crippen LogP) is 1.90. The number of nitrogens with zero attached hydrogens (tertiary/aromatic N) is 2. The maximum absolute atomic E-state index is 12.9. The van der Waals surface area contributed by atoms with Crippen LogP contribution in [0.2, 0.25) is 0 Å². The molecule has 0 radical (unpaired) electrons. The Labute approximate surface area is 212 Å². The van der Waals surface area contributed by atoms with Crippen molar-refractivity contribution in [3.8, 4) is 0 Å². The van der Waals surface area contributed by atoms with Crippen LogP contribution >= 0.6 is 0 Å². The standard InChI is InChI=1S/C23H25N5O8S/c1-3-36-22(30)20-15(2)24-23(31)27(21(20)16-8-7-9-17(14-16)28(32)33)13-12-19(29)25-26-37(34,35)18-10-5-4-6-11-18/h4-11,14,21,26H,3,12-13H2,1-2H3,(H,24,31)(H,25,29). The summed E-state index contributed by atoms with van der Waals surface area (Å²) >= 11 is 0. The molecule has 3 N–H and O–H groups in total. The van der Waals surface area contributed by atoms with E-state index in [9.17, 15) is 32.9 Å². The molecule has 2 aromatic carbocycles. The van der Waals surface area contributed by atoms with Gasteiger partial charge in [0, 0.05) is 30.8 Å². The minimum Gasteiger partial charge on any atom is -0.463 e. The van der Waals surface area contributed by atoms with Crippen LogP contribution in [0.3, 0.4) is 0 Å². The van der Waals surface area contributed by atoms with Crippen LogP contribution in [-0.2, 0) is 24.3 Å². The number of carbonyl (C=O) groups is 3. The summed E-state index contributed by atoms with van der Waals surface area (Å²) in [5.74, 6) is -1.49. The lowest BCUT2D eigenvalue weighted by Gasteiger charge is -2.37. The van der Waals surface area contributed by atoms with Crippen molar-refractivity contribution in [2.75, 3.05) is 13.2 Å². The number of carbonyl (C=O) groups excluding carboxylic acids is 3. The molecule has 0 saturated heterocycles. The second-order valence-corrected chi connectivity index (χ2v) is 9.54. The lowest BCUT2D eigenvalue weighted by molar-refractivity contribution is -0.384. The fraction of sp³-hybridized carbons (Fsp3) is 0.261. The largest absolute Gasteiger partial charge is 0.463 e. The van der Waals surface area contributed by atoms with Crippen LogP contribution in [0.4, 0.5) is 10.5 Å². The molecule has 37 heavy (non-hydrogen) atoms. The van der Waals surface area contributed by atoms with Crippen LogP contribution in [-0.4, -0.2) is 49.3 Å². The number of ether oxygens (including phenoxy) is 1. The van der Waals surface area contributed by atoms with Crippen molar-refractivity contribution in [1.82, 2.24) is 20.5 Å². The van der Waals surface area contributed by atoms with Gasteiger partial charge in [0.2, 0.25) is 5.91 Å². The van der Waals surface area contributed by atoms with Crippen LogP contribution in [0.15, 0.2) is 70.8 Å². The van der Waals surface area contributed by atoms with E-state index in [-0.39, 0.29) is 47.0 Å². The fourth-order valence-electron chi connectivity index (χ4n) is 3.70. The van der Waals surface area contributed by atoms with E-state index in [1.54, 1.807) is 13.0 Å². The quantitative estimate of drug-likeness (QED) is 0.236. The third-order valence-corrected chi connectivity index (χ3v) is 6.66. The first kappa shape index (κ1) is 27.3. The lowest BCUT2D eigenvalue weighted by atomic mass is 9.93. The maximum Gasteiger partial charge on any atom is 0.338 e. The van der Waals surface area contributed by atoms with Crippen LogP contribution < -0.4 is 15.6 Å². The zero-order valence-electron chi connectivity index (χ0n) is 20.0. The van der Waals surface area contributed by atoms with Crippen molar-refractivity contribution in [2.24, 2.45) is 0 Å². The molecule has 0 aromatic heterocycles. The smallest absolute Gasteiger partial charge is 0.338 e. The molecule has 1 aliphatic heterocycles. The minimum atomic E-state index is -4.02. The van der Waals surface area contributed by atoms with E-state index in [0.717, 1.165) is 4.90 Å². The summed E-state index contributed by atoms with van der Waals surface area (Å²) < 4.78 is 29.8. The van der Waals surface area contributed by atoms with Crippen molar-refractivity contribution >= 4 is 33.6 Å². The molecule has 196 valence electrons. The Morgan fingerprint density at radius 2 is 1.86 bits per heavy atom. The number of nitro benzene ring substituents is 1. The highest BCUT2D eigenvalue weighted by molar-refractivity contribution is 7.89. The number of esters is 1. The molecule has 0 aliphatic carbocycles. The molecule has 1 aliphatic rings. The number of sulfonamides is 1. The van der Waals surface area contributed by atoms with Gasteiger partial charge in [-0.25, -0.2) is 18.0 Å². The maximum atomic E-state index is 12.9. The number of allylic oxidation sites excluding steroid dienone is 1. The number of benzene rings is 2. The minimum absolute atomic E-state index is 0.0483. The number of amides is 3. The Balaban J connectivity index is 1.84. The third-order valence-electron chi connectivity index (χ3n) is 5.39. The lowest BCUT2D eigenvalue weighted by Crippen LogP contribution is -2.50. The molecular formula is C23H25N5O8S. The molecule has 1 unspecified atom stereocenters. The SMILES string of the molecule is CCOC(=O)C1=C(C)NC(=O)N(CCC(=O)NNS(=O)(=O)c2ccccc2)C1c1cccc([N+](=O)[O-])c1. The highest BCUT2D eigenvalue weighted by Crippen LogP contribution is 2.35. The molecule has 14 heteroatoms. The van der Waals surface area contributed by atoms with Crippen molar-refractivity contribution in [3.05, 3.63) is 81.5 Å². The first-order valence-electron chi connectivity index (χ1n) is 11.1. The number of hydrazine groups is 1. The highest BCUT2D eigenvalue weighted by atomic mass is 32.2. The van der Waals surface area contributed by atoms with E-state index in [4.69, 9.17) is 4.74 Å². The molecule has 2 aromatic rings. The number of nitro groups is 1. The zero-order valence-corrected chi connectivity index (χ0v) is 20.8. The van der Waals surface area contributed by atoms with E-state index in [1.165, 1.54) is 55.5 Å². The summed E-state index contributed by atoms with van der Waals surface area (Å²) in [6.45, 7) is 2.90. The van der Waals surface area contributed by atoms with Gasteiger partial charge in [0.25, 0.3) is 15.7 Å². The number of urea groups is 1. The summed E-state index contributed by atoms with van der Waals surface area (Å²) in [7, 11) is -4.02. The molecule has 1 heterocycles. The monoisotopic (exact) mass is 531 g/mol. The van der Waals surface area contributed by atoms with Crippen LogP contribution in [0.25, 0.3) is 0 Å². The predicted molar refractivity (Wildman–Crippen MR) is 130 cm³/mol. The Morgan fingerprint density at radius 3 is 2.51 bits per heavy atom. The van der Waals surface area contributed by atoms with Gasteiger partial charge in [-0.05, 0) is 31.5 Å². The molecule has 0 fully saturated rings. The summed E-state index contributed by atoms with van der Waals surface area (Å²) in [6, 6.07) is 11.1. The summed E-state index contributed by atoms with van der Waals surface area (Å²) in [6.07, 6.45) is -0.356. The molecule has 0 saturated carbocycles.